The second-order valence-corrected chi connectivity index (χ2v) is 2.84. The summed E-state index contributed by atoms with van der Waals surface area (Å²) in [7, 11) is 1.33. The zero-order chi connectivity index (χ0) is 9.97. The van der Waals surface area contributed by atoms with E-state index in [1.165, 1.54) is 13.3 Å². The minimum Gasteiger partial charge on any atom is -0.488 e. The first kappa shape index (κ1) is 11.6. The minimum absolute atomic E-state index is 0. The molecule has 0 saturated carbocycles. The Morgan fingerprint density at radius 2 is 2.47 bits per heavy atom. The highest BCUT2D eigenvalue weighted by Gasteiger charge is 2.14. The summed E-state index contributed by atoms with van der Waals surface area (Å²) in [6.45, 7) is 1.32. The maximum atomic E-state index is 11.2. The molecule has 0 radical (unpaired) electrons. The van der Waals surface area contributed by atoms with Crippen LogP contribution in [0.15, 0.2) is 12.3 Å². The van der Waals surface area contributed by atoms with E-state index in [9.17, 15) is 4.79 Å². The van der Waals surface area contributed by atoms with Crippen molar-refractivity contribution in [3.05, 3.63) is 17.8 Å². The van der Waals surface area contributed by atoms with Crippen LogP contribution in [0.2, 0.25) is 0 Å². The number of pyridine rings is 1. The van der Waals surface area contributed by atoms with Gasteiger partial charge in [0, 0.05) is 12.3 Å². The number of hydrogen-bond acceptors (Lipinski definition) is 5. The van der Waals surface area contributed by atoms with Crippen LogP contribution in [0.1, 0.15) is 10.4 Å². The molecule has 0 spiro atoms. The van der Waals surface area contributed by atoms with Gasteiger partial charge < -0.3 is 14.8 Å². The summed E-state index contributed by atoms with van der Waals surface area (Å²) in [5, 5.41) is 3.06. The summed E-state index contributed by atoms with van der Waals surface area (Å²) in [6.07, 6.45) is 1.46. The second kappa shape index (κ2) is 4.84. The number of hydrogen-bond donors (Lipinski definition) is 1. The van der Waals surface area contributed by atoms with Crippen LogP contribution in [0.25, 0.3) is 0 Å². The van der Waals surface area contributed by atoms with E-state index < -0.39 is 5.97 Å². The number of anilines is 1. The molecule has 1 aliphatic rings. The van der Waals surface area contributed by atoms with E-state index in [2.05, 4.69) is 15.0 Å². The first-order valence-corrected chi connectivity index (χ1v) is 4.26. The molecule has 0 fully saturated rings. The minimum atomic E-state index is -0.408. The van der Waals surface area contributed by atoms with Crippen LogP contribution in [-0.2, 0) is 4.74 Å². The van der Waals surface area contributed by atoms with Gasteiger partial charge in [-0.2, -0.15) is 0 Å². The van der Waals surface area contributed by atoms with Crippen molar-refractivity contribution in [3.8, 4) is 5.75 Å². The summed E-state index contributed by atoms with van der Waals surface area (Å²) < 4.78 is 9.90. The van der Waals surface area contributed by atoms with Crippen molar-refractivity contribution in [2.75, 3.05) is 25.6 Å². The van der Waals surface area contributed by atoms with Crippen LogP contribution in [0.4, 0.5) is 5.82 Å². The van der Waals surface area contributed by atoms with Crippen molar-refractivity contribution >= 4 is 24.2 Å². The van der Waals surface area contributed by atoms with Gasteiger partial charge in [-0.1, -0.05) is 0 Å². The van der Waals surface area contributed by atoms with Crippen molar-refractivity contribution in [2.24, 2.45) is 0 Å². The molecule has 2 heterocycles. The van der Waals surface area contributed by atoms with Gasteiger partial charge >= 0.3 is 5.97 Å². The molecule has 2 rings (SSSR count). The molecule has 6 heteroatoms. The fourth-order valence-electron chi connectivity index (χ4n) is 1.25. The zero-order valence-corrected chi connectivity index (χ0v) is 8.97. The smallest absolute Gasteiger partial charge is 0.339 e. The van der Waals surface area contributed by atoms with Gasteiger partial charge in [-0.15, -0.1) is 12.4 Å². The van der Waals surface area contributed by atoms with Crippen molar-refractivity contribution in [2.45, 2.75) is 0 Å². The lowest BCUT2D eigenvalue weighted by Crippen LogP contribution is -2.19. The Balaban J connectivity index is 0.00000112. The van der Waals surface area contributed by atoms with E-state index in [1.807, 2.05) is 0 Å². The number of methoxy groups -OCH3 is 1. The summed E-state index contributed by atoms with van der Waals surface area (Å²) >= 11 is 0. The van der Waals surface area contributed by atoms with Crippen LogP contribution in [0.5, 0.6) is 5.75 Å². The summed E-state index contributed by atoms with van der Waals surface area (Å²) in [6, 6.07) is 1.63. The van der Waals surface area contributed by atoms with E-state index in [4.69, 9.17) is 4.74 Å². The fraction of sp³-hybridized carbons (Fsp3) is 0.333. The van der Waals surface area contributed by atoms with Gasteiger partial charge in [-0.05, 0) is 0 Å². The maximum absolute atomic E-state index is 11.2. The predicted molar refractivity (Wildman–Crippen MR) is 56.8 cm³/mol. The van der Waals surface area contributed by atoms with Gasteiger partial charge in [0.15, 0.2) is 11.6 Å². The van der Waals surface area contributed by atoms with Gasteiger partial charge in [0.2, 0.25) is 0 Å². The van der Waals surface area contributed by atoms with Gasteiger partial charge in [0.25, 0.3) is 0 Å². The third kappa shape index (κ3) is 2.30. The van der Waals surface area contributed by atoms with Crippen LogP contribution in [0, 0.1) is 0 Å². The number of carbonyl (C=O) groups is 1. The van der Waals surface area contributed by atoms with E-state index >= 15 is 0 Å². The number of nitrogens with one attached hydrogen (secondary N) is 1. The molecule has 1 aliphatic heterocycles. The average Bonchev–Trinajstić information content (AvgIpc) is 2.27. The number of nitrogens with zero attached hydrogens (tertiary/aromatic N) is 1. The topological polar surface area (TPSA) is 60.5 Å². The monoisotopic (exact) mass is 230 g/mol. The first-order chi connectivity index (χ1) is 6.81. The van der Waals surface area contributed by atoms with Gasteiger partial charge in [0.1, 0.15) is 6.61 Å². The fourth-order valence-corrected chi connectivity index (χ4v) is 1.25. The summed E-state index contributed by atoms with van der Waals surface area (Å²) in [5.74, 6) is 0.859. The van der Waals surface area contributed by atoms with E-state index in [0.717, 1.165) is 6.54 Å². The molecule has 1 N–H and O–H groups in total. The highest BCUT2D eigenvalue weighted by atomic mass is 35.5. The van der Waals surface area contributed by atoms with Crippen molar-refractivity contribution < 1.29 is 14.3 Å². The molecule has 1 aromatic rings. The second-order valence-electron chi connectivity index (χ2n) is 2.84. The quantitative estimate of drug-likeness (QED) is 0.732. The maximum Gasteiger partial charge on any atom is 0.339 e. The Bertz CT molecular complexity index is 370. The first-order valence-electron chi connectivity index (χ1n) is 4.26. The lowest BCUT2D eigenvalue weighted by Gasteiger charge is -2.17. The number of aromatic nitrogens is 1. The number of halogens is 1. The molecule has 1 aromatic heterocycles. The van der Waals surface area contributed by atoms with Crippen molar-refractivity contribution in [1.82, 2.24) is 4.98 Å². The molecular weight excluding hydrogens is 220 g/mol. The van der Waals surface area contributed by atoms with Gasteiger partial charge in [0.05, 0.1) is 19.2 Å². The normalized spacial score (nSPS) is 12.6. The van der Waals surface area contributed by atoms with Crippen LogP contribution in [0.3, 0.4) is 0 Å². The van der Waals surface area contributed by atoms with Crippen molar-refractivity contribution in [3.63, 3.8) is 0 Å². The third-order valence-corrected chi connectivity index (χ3v) is 1.93. The highest BCUT2D eigenvalue weighted by molar-refractivity contribution is 5.90. The summed E-state index contributed by atoms with van der Waals surface area (Å²) in [4.78, 5) is 15.2. The largest absolute Gasteiger partial charge is 0.488 e. The Morgan fingerprint density at radius 1 is 1.67 bits per heavy atom. The van der Waals surface area contributed by atoms with E-state index in [1.54, 1.807) is 6.07 Å². The number of ether oxygens (including phenoxy) is 2. The Labute approximate surface area is 93.2 Å². The molecular formula is C9H11ClN2O3. The molecule has 5 nitrogen and oxygen atoms in total. The number of fused-ring (bicyclic) bond motifs is 1. The predicted octanol–water partition coefficient (Wildman–Crippen LogP) is 1.09. The SMILES string of the molecule is COC(=O)c1cnc2c(c1)OCCN2.Cl. The summed E-state index contributed by atoms with van der Waals surface area (Å²) in [5.41, 5.74) is 0.398. The Hall–Kier alpha value is -1.49. The lowest BCUT2D eigenvalue weighted by atomic mass is 10.2. The highest BCUT2D eigenvalue weighted by Crippen LogP contribution is 2.25. The van der Waals surface area contributed by atoms with Gasteiger partial charge in [-0.25, -0.2) is 9.78 Å². The Morgan fingerprint density at radius 3 is 3.20 bits per heavy atom. The zero-order valence-electron chi connectivity index (χ0n) is 8.15. The van der Waals surface area contributed by atoms with Crippen molar-refractivity contribution in [1.29, 1.82) is 0 Å². The van der Waals surface area contributed by atoms with E-state index in [-0.39, 0.29) is 12.4 Å². The number of carbonyl (C=O) groups excluding carboxylic acids is 1. The molecule has 0 aromatic carbocycles. The third-order valence-electron chi connectivity index (χ3n) is 1.93. The Kier molecular flexibility index (Phi) is 3.74. The van der Waals surface area contributed by atoms with Crippen LogP contribution in [-0.4, -0.2) is 31.2 Å². The molecule has 0 amide bonds. The number of esters is 1. The molecule has 0 aliphatic carbocycles. The molecule has 0 bridgehead atoms. The number of rotatable bonds is 1. The van der Waals surface area contributed by atoms with Crippen LogP contribution >= 0.6 is 12.4 Å². The molecule has 0 unspecified atom stereocenters. The molecule has 0 saturated heterocycles. The average molecular weight is 231 g/mol. The van der Waals surface area contributed by atoms with E-state index in [0.29, 0.717) is 23.7 Å². The van der Waals surface area contributed by atoms with Gasteiger partial charge in [-0.3, -0.25) is 0 Å². The lowest BCUT2D eigenvalue weighted by molar-refractivity contribution is 0.0599. The molecule has 82 valence electrons. The molecule has 0 atom stereocenters. The molecule has 15 heavy (non-hydrogen) atoms. The standard InChI is InChI=1S/C9H10N2O3.ClH/c1-13-9(12)6-4-7-8(11-5-6)10-2-3-14-7;/h4-5H,2-3H2,1H3,(H,10,11);1H. The van der Waals surface area contributed by atoms with Crippen LogP contribution < -0.4 is 10.1 Å².